The minimum absolute atomic E-state index is 0.0765. The molecular formula is C19H20F2N2O3. The summed E-state index contributed by atoms with van der Waals surface area (Å²) < 4.78 is 32.2. The van der Waals surface area contributed by atoms with Crippen LogP contribution in [0.1, 0.15) is 12.5 Å². The quantitative estimate of drug-likeness (QED) is 0.823. The molecule has 2 amide bonds. The van der Waals surface area contributed by atoms with Gasteiger partial charge in [-0.05, 0) is 37.3 Å². The van der Waals surface area contributed by atoms with Gasteiger partial charge in [-0.15, -0.1) is 0 Å². The lowest BCUT2D eigenvalue weighted by molar-refractivity contribution is -0.142. The lowest BCUT2D eigenvalue weighted by Gasteiger charge is -2.28. The Labute approximate surface area is 150 Å². The number of nitrogens with zero attached hydrogens (tertiary/aromatic N) is 1. The molecule has 1 N–H and O–H groups in total. The van der Waals surface area contributed by atoms with E-state index in [0.717, 1.165) is 0 Å². The van der Waals surface area contributed by atoms with Gasteiger partial charge in [-0.3, -0.25) is 9.59 Å². The van der Waals surface area contributed by atoms with Crippen LogP contribution in [-0.4, -0.2) is 36.4 Å². The van der Waals surface area contributed by atoms with Gasteiger partial charge in [-0.2, -0.15) is 0 Å². The number of carbonyl (C=O) groups is 2. The van der Waals surface area contributed by atoms with Crippen molar-refractivity contribution in [2.24, 2.45) is 0 Å². The van der Waals surface area contributed by atoms with Crippen molar-refractivity contribution in [1.29, 1.82) is 0 Å². The maximum absolute atomic E-state index is 13.9. The Bertz CT molecular complexity index is 766. The van der Waals surface area contributed by atoms with Crippen molar-refractivity contribution < 1.29 is 23.1 Å². The van der Waals surface area contributed by atoms with Crippen molar-refractivity contribution in [1.82, 2.24) is 10.2 Å². The monoisotopic (exact) mass is 362 g/mol. The largest absolute Gasteiger partial charge is 0.484 e. The minimum Gasteiger partial charge on any atom is -0.484 e. The van der Waals surface area contributed by atoms with E-state index in [1.807, 2.05) is 0 Å². The standard InChI is InChI=1S/C19H20F2N2O3/c1-13(19(25)22-2)23(11-14-5-3-4-6-17(14)21)18(24)12-26-16-9-7-15(20)8-10-16/h3-10,13H,11-12H2,1-2H3,(H,22,25). The molecule has 0 bridgehead atoms. The number of nitrogens with one attached hydrogen (secondary N) is 1. The highest BCUT2D eigenvalue weighted by atomic mass is 19.1. The predicted octanol–water partition coefficient (Wildman–Crippen LogP) is 2.51. The van der Waals surface area contributed by atoms with E-state index in [9.17, 15) is 18.4 Å². The maximum Gasteiger partial charge on any atom is 0.261 e. The number of ether oxygens (including phenoxy) is 1. The third kappa shape index (κ3) is 5.02. The van der Waals surface area contributed by atoms with E-state index in [1.54, 1.807) is 25.1 Å². The molecule has 0 saturated heterocycles. The molecule has 1 unspecified atom stereocenters. The van der Waals surface area contributed by atoms with Crippen LogP contribution >= 0.6 is 0 Å². The van der Waals surface area contributed by atoms with Crippen LogP contribution in [-0.2, 0) is 16.1 Å². The lowest BCUT2D eigenvalue weighted by atomic mass is 10.1. The molecule has 0 aliphatic rings. The number of amides is 2. The van der Waals surface area contributed by atoms with Crippen molar-refractivity contribution in [3.63, 3.8) is 0 Å². The first-order valence-corrected chi connectivity index (χ1v) is 8.05. The minimum atomic E-state index is -0.816. The van der Waals surface area contributed by atoms with Gasteiger partial charge in [-0.1, -0.05) is 18.2 Å². The molecule has 0 radical (unpaired) electrons. The number of hydrogen-bond donors (Lipinski definition) is 1. The molecule has 0 heterocycles. The third-order valence-electron chi connectivity index (χ3n) is 3.89. The summed E-state index contributed by atoms with van der Waals surface area (Å²) in [6.07, 6.45) is 0. The fourth-order valence-corrected chi connectivity index (χ4v) is 2.36. The predicted molar refractivity (Wildman–Crippen MR) is 92.4 cm³/mol. The Balaban J connectivity index is 2.13. The normalized spacial score (nSPS) is 11.5. The van der Waals surface area contributed by atoms with Crippen LogP contribution in [0.2, 0.25) is 0 Å². The number of likely N-dealkylation sites (N-methyl/N-ethyl adjacent to an activating group) is 1. The highest BCUT2D eigenvalue weighted by molar-refractivity contribution is 5.87. The molecular weight excluding hydrogens is 342 g/mol. The summed E-state index contributed by atoms with van der Waals surface area (Å²) in [7, 11) is 1.46. The van der Waals surface area contributed by atoms with Gasteiger partial charge < -0.3 is 15.0 Å². The molecule has 0 aliphatic carbocycles. The molecule has 0 spiro atoms. The second kappa shape index (κ2) is 8.94. The molecule has 0 fully saturated rings. The van der Waals surface area contributed by atoms with E-state index in [2.05, 4.69) is 5.32 Å². The topological polar surface area (TPSA) is 58.6 Å². The second-order valence-electron chi connectivity index (χ2n) is 5.65. The summed E-state index contributed by atoms with van der Waals surface area (Å²) in [4.78, 5) is 25.8. The summed E-state index contributed by atoms with van der Waals surface area (Å²) >= 11 is 0. The molecule has 0 aliphatic heterocycles. The Hall–Kier alpha value is -2.96. The van der Waals surface area contributed by atoms with Crippen molar-refractivity contribution in [3.8, 4) is 5.75 Å². The number of hydrogen-bond acceptors (Lipinski definition) is 3. The molecule has 138 valence electrons. The molecule has 5 nitrogen and oxygen atoms in total. The SMILES string of the molecule is CNC(=O)C(C)N(Cc1ccccc1F)C(=O)COc1ccc(F)cc1. The average Bonchev–Trinajstić information content (AvgIpc) is 2.65. The van der Waals surface area contributed by atoms with Gasteiger partial charge in [0.1, 0.15) is 23.4 Å². The lowest BCUT2D eigenvalue weighted by Crippen LogP contribution is -2.48. The number of benzene rings is 2. The van der Waals surface area contributed by atoms with Gasteiger partial charge in [0.25, 0.3) is 5.91 Å². The van der Waals surface area contributed by atoms with E-state index in [0.29, 0.717) is 11.3 Å². The summed E-state index contributed by atoms with van der Waals surface area (Å²) in [6.45, 7) is 1.11. The fraction of sp³-hybridized carbons (Fsp3) is 0.263. The molecule has 2 rings (SSSR count). The molecule has 7 heteroatoms. The Morgan fingerprint density at radius 1 is 1.12 bits per heavy atom. The number of carbonyl (C=O) groups excluding carboxylic acids is 2. The van der Waals surface area contributed by atoms with Gasteiger partial charge in [-0.25, -0.2) is 8.78 Å². The van der Waals surface area contributed by atoms with Gasteiger partial charge in [0, 0.05) is 19.2 Å². The summed E-state index contributed by atoms with van der Waals surface area (Å²) in [6, 6.07) is 10.4. The number of halogens is 2. The van der Waals surface area contributed by atoms with Crippen LogP contribution in [0.3, 0.4) is 0 Å². The van der Waals surface area contributed by atoms with Crippen molar-refractivity contribution in [2.75, 3.05) is 13.7 Å². The summed E-state index contributed by atoms with van der Waals surface area (Å²) in [5.41, 5.74) is 0.290. The van der Waals surface area contributed by atoms with Gasteiger partial charge in [0.2, 0.25) is 5.91 Å². The average molecular weight is 362 g/mol. The van der Waals surface area contributed by atoms with E-state index in [1.165, 1.54) is 42.3 Å². The van der Waals surface area contributed by atoms with E-state index in [-0.39, 0.29) is 19.1 Å². The van der Waals surface area contributed by atoms with Crippen LogP contribution in [0.4, 0.5) is 8.78 Å². The van der Waals surface area contributed by atoms with Gasteiger partial charge >= 0.3 is 0 Å². The Kier molecular flexibility index (Phi) is 6.66. The van der Waals surface area contributed by atoms with Crippen LogP contribution < -0.4 is 10.1 Å². The van der Waals surface area contributed by atoms with E-state index in [4.69, 9.17) is 4.74 Å². The summed E-state index contributed by atoms with van der Waals surface area (Å²) in [5, 5.41) is 2.47. The first kappa shape index (κ1) is 19.4. The first-order chi connectivity index (χ1) is 12.4. The van der Waals surface area contributed by atoms with Crippen molar-refractivity contribution >= 4 is 11.8 Å². The highest BCUT2D eigenvalue weighted by Crippen LogP contribution is 2.15. The first-order valence-electron chi connectivity index (χ1n) is 8.05. The van der Waals surface area contributed by atoms with Gasteiger partial charge in [0.15, 0.2) is 6.61 Å². The second-order valence-corrected chi connectivity index (χ2v) is 5.65. The maximum atomic E-state index is 13.9. The van der Waals surface area contributed by atoms with Crippen LogP contribution in [0.25, 0.3) is 0 Å². The van der Waals surface area contributed by atoms with Crippen LogP contribution in [0.5, 0.6) is 5.75 Å². The molecule has 26 heavy (non-hydrogen) atoms. The van der Waals surface area contributed by atoms with Crippen LogP contribution in [0.15, 0.2) is 48.5 Å². The van der Waals surface area contributed by atoms with Crippen LogP contribution in [0, 0.1) is 11.6 Å². The smallest absolute Gasteiger partial charge is 0.261 e. The third-order valence-corrected chi connectivity index (χ3v) is 3.89. The molecule has 0 saturated carbocycles. The highest BCUT2D eigenvalue weighted by Gasteiger charge is 2.26. The molecule has 0 aromatic heterocycles. The number of rotatable bonds is 7. The zero-order valence-corrected chi connectivity index (χ0v) is 14.5. The Morgan fingerprint density at radius 2 is 1.77 bits per heavy atom. The molecule has 1 atom stereocenters. The summed E-state index contributed by atoms with van der Waals surface area (Å²) in [5.74, 6) is -1.43. The zero-order valence-electron chi connectivity index (χ0n) is 14.5. The zero-order chi connectivity index (χ0) is 19.1. The fourth-order valence-electron chi connectivity index (χ4n) is 2.36. The van der Waals surface area contributed by atoms with E-state index >= 15 is 0 Å². The Morgan fingerprint density at radius 3 is 2.38 bits per heavy atom. The molecule has 2 aromatic rings. The van der Waals surface area contributed by atoms with Crippen molar-refractivity contribution in [3.05, 3.63) is 65.7 Å². The van der Waals surface area contributed by atoms with E-state index < -0.39 is 23.6 Å². The molecule has 2 aromatic carbocycles. The van der Waals surface area contributed by atoms with Gasteiger partial charge in [0.05, 0.1) is 0 Å². The van der Waals surface area contributed by atoms with Crippen molar-refractivity contribution in [2.45, 2.75) is 19.5 Å².